The van der Waals surface area contributed by atoms with Crippen molar-refractivity contribution in [3.8, 4) is 0 Å². The highest BCUT2D eigenvalue weighted by molar-refractivity contribution is 6.30. The minimum Gasteiger partial charge on any atom is -0.320 e. The van der Waals surface area contributed by atoms with Crippen LogP contribution in [-0.2, 0) is 0 Å². The number of halogens is 3. The highest BCUT2D eigenvalue weighted by Gasteiger charge is 2.16. The molecular formula is C11H8ClF2N3. The first-order chi connectivity index (χ1) is 8.09. The van der Waals surface area contributed by atoms with Gasteiger partial charge in [-0.2, -0.15) is 0 Å². The van der Waals surface area contributed by atoms with Crippen LogP contribution in [0.15, 0.2) is 30.9 Å². The van der Waals surface area contributed by atoms with E-state index in [1.54, 1.807) is 0 Å². The summed E-state index contributed by atoms with van der Waals surface area (Å²) in [6, 6.07) is 1.05. The van der Waals surface area contributed by atoms with E-state index in [9.17, 15) is 8.78 Å². The molecule has 0 saturated heterocycles. The maximum Gasteiger partial charge on any atom is 0.142 e. The molecule has 0 fully saturated rings. The van der Waals surface area contributed by atoms with Crippen molar-refractivity contribution < 1.29 is 8.78 Å². The van der Waals surface area contributed by atoms with Crippen molar-refractivity contribution in [3.63, 3.8) is 0 Å². The molecule has 0 amide bonds. The average Bonchev–Trinajstić information content (AvgIpc) is 2.34. The zero-order valence-corrected chi connectivity index (χ0v) is 9.33. The van der Waals surface area contributed by atoms with Crippen molar-refractivity contribution in [1.82, 2.24) is 9.97 Å². The van der Waals surface area contributed by atoms with E-state index in [4.69, 9.17) is 17.3 Å². The van der Waals surface area contributed by atoms with Crippen LogP contribution in [0.3, 0.4) is 0 Å². The lowest BCUT2D eigenvalue weighted by Gasteiger charge is -2.13. The van der Waals surface area contributed by atoms with Crippen LogP contribution < -0.4 is 5.73 Å². The molecule has 2 aromatic rings. The fraction of sp³-hybridized carbons (Fsp3) is 0.0909. The molecule has 2 rings (SSSR count). The molecule has 0 spiro atoms. The maximum atomic E-state index is 13.6. The van der Waals surface area contributed by atoms with Crippen LogP contribution in [0.25, 0.3) is 0 Å². The molecule has 1 unspecified atom stereocenters. The van der Waals surface area contributed by atoms with E-state index < -0.39 is 17.7 Å². The summed E-state index contributed by atoms with van der Waals surface area (Å²) in [4.78, 5) is 7.54. The summed E-state index contributed by atoms with van der Waals surface area (Å²) in [5.74, 6) is -1.37. The van der Waals surface area contributed by atoms with Gasteiger partial charge < -0.3 is 5.73 Å². The topological polar surface area (TPSA) is 51.8 Å². The van der Waals surface area contributed by atoms with Crippen LogP contribution in [0, 0.1) is 11.6 Å². The third-order valence-electron chi connectivity index (χ3n) is 2.31. The Morgan fingerprint density at radius 1 is 1.12 bits per heavy atom. The quantitative estimate of drug-likeness (QED) is 0.839. The van der Waals surface area contributed by atoms with E-state index in [1.165, 1.54) is 18.7 Å². The largest absolute Gasteiger partial charge is 0.320 e. The minimum atomic E-state index is -0.831. The molecule has 88 valence electrons. The normalized spacial score (nSPS) is 12.5. The molecule has 6 heteroatoms. The second-order valence-corrected chi connectivity index (χ2v) is 3.84. The summed E-state index contributed by atoms with van der Waals surface area (Å²) < 4.78 is 26.8. The first kappa shape index (κ1) is 11.9. The molecule has 1 atom stereocenters. The standard InChI is InChI=1S/C11H8ClF2N3/c12-8-2-9(13)7(1-10(8)14)11(15)6-3-16-5-17-4-6/h1-5,11H,15H2. The summed E-state index contributed by atoms with van der Waals surface area (Å²) >= 11 is 5.46. The van der Waals surface area contributed by atoms with Gasteiger partial charge in [0, 0.05) is 23.5 Å². The number of hydrogen-bond donors (Lipinski definition) is 1. The number of rotatable bonds is 2. The van der Waals surface area contributed by atoms with E-state index in [0.29, 0.717) is 5.56 Å². The Labute approximate surface area is 101 Å². The number of aromatic nitrogens is 2. The molecule has 1 aromatic carbocycles. The maximum absolute atomic E-state index is 13.6. The van der Waals surface area contributed by atoms with Crippen molar-refractivity contribution in [1.29, 1.82) is 0 Å². The van der Waals surface area contributed by atoms with Gasteiger partial charge in [-0.05, 0) is 12.1 Å². The summed E-state index contributed by atoms with van der Waals surface area (Å²) in [6.45, 7) is 0. The summed E-state index contributed by atoms with van der Waals surface area (Å²) in [7, 11) is 0. The first-order valence-corrected chi connectivity index (χ1v) is 5.12. The molecule has 0 aliphatic carbocycles. The molecule has 0 bridgehead atoms. The lowest BCUT2D eigenvalue weighted by Crippen LogP contribution is -2.14. The Bertz CT molecular complexity index is 534. The van der Waals surface area contributed by atoms with Gasteiger partial charge in [0.2, 0.25) is 0 Å². The van der Waals surface area contributed by atoms with Crippen LogP contribution in [0.4, 0.5) is 8.78 Å². The van der Waals surface area contributed by atoms with E-state index in [2.05, 4.69) is 9.97 Å². The van der Waals surface area contributed by atoms with Crippen molar-refractivity contribution in [2.24, 2.45) is 5.73 Å². The van der Waals surface area contributed by atoms with E-state index >= 15 is 0 Å². The molecular weight excluding hydrogens is 248 g/mol. The third kappa shape index (κ3) is 2.40. The summed E-state index contributed by atoms with van der Waals surface area (Å²) in [5.41, 5.74) is 6.32. The second kappa shape index (κ2) is 4.73. The van der Waals surface area contributed by atoms with Gasteiger partial charge >= 0.3 is 0 Å². The Kier molecular flexibility index (Phi) is 3.31. The van der Waals surface area contributed by atoms with Crippen molar-refractivity contribution in [3.05, 3.63) is 58.6 Å². The fourth-order valence-corrected chi connectivity index (χ4v) is 1.58. The minimum absolute atomic E-state index is 0.0155. The first-order valence-electron chi connectivity index (χ1n) is 4.74. The van der Waals surface area contributed by atoms with Crippen LogP contribution in [0.5, 0.6) is 0 Å². The third-order valence-corrected chi connectivity index (χ3v) is 2.60. The van der Waals surface area contributed by atoms with Crippen molar-refractivity contribution in [2.75, 3.05) is 0 Å². The van der Waals surface area contributed by atoms with E-state index in [1.807, 2.05) is 0 Å². The monoisotopic (exact) mass is 255 g/mol. The molecule has 1 heterocycles. The van der Waals surface area contributed by atoms with Gasteiger partial charge in [-0.1, -0.05) is 11.6 Å². The van der Waals surface area contributed by atoms with Crippen LogP contribution in [0.1, 0.15) is 17.2 Å². The van der Waals surface area contributed by atoms with Crippen LogP contribution in [0.2, 0.25) is 5.02 Å². The summed E-state index contributed by atoms with van der Waals surface area (Å²) in [6.07, 6.45) is 4.22. The number of nitrogens with zero attached hydrogens (tertiary/aromatic N) is 2. The molecule has 2 N–H and O–H groups in total. The van der Waals surface area contributed by atoms with Crippen molar-refractivity contribution >= 4 is 11.6 Å². The fourth-order valence-electron chi connectivity index (χ4n) is 1.43. The Morgan fingerprint density at radius 3 is 2.41 bits per heavy atom. The predicted molar refractivity (Wildman–Crippen MR) is 59.4 cm³/mol. The Morgan fingerprint density at radius 2 is 1.76 bits per heavy atom. The second-order valence-electron chi connectivity index (χ2n) is 3.44. The van der Waals surface area contributed by atoms with Crippen LogP contribution in [-0.4, -0.2) is 9.97 Å². The van der Waals surface area contributed by atoms with Gasteiger partial charge in [0.25, 0.3) is 0 Å². The highest BCUT2D eigenvalue weighted by Crippen LogP contribution is 2.25. The molecule has 0 aliphatic heterocycles. The van der Waals surface area contributed by atoms with Gasteiger partial charge in [-0.3, -0.25) is 0 Å². The van der Waals surface area contributed by atoms with E-state index in [-0.39, 0.29) is 10.6 Å². The van der Waals surface area contributed by atoms with Gasteiger partial charge in [0.1, 0.15) is 18.0 Å². The van der Waals surface area contributed by atoms with Gasteiger partial charge in [0.05, 0.1) is 11.1 Å². The number of nitrogens with two attached hydrogens (primary N) is 1. The Hall–Kier alpha value is -1.59. The van der Waals surface area contributed by atoms with Gasteiger partial charge in [-0.25, -0.2) is 18.7 Å². The molecule has 17 heavy (non-hydrogen) atoms. The number of benzene rings is 1. The Balaban J connectivity index is 2.44. The molecule has 0 aliphatic rings. The van der Waals surface area contributed by atoms with Gasteiger partial charge in [-0.15, -0.1) is 0 Å². The lowest BCUT2D eigenvalue weighted by atomic mass is 10.0. The SMILES string of the molecule is NC(c1cncnc1)c1cc(F)c(Cl)cc1F. The molecule has 3 nitrogen and oxygen atoms in total. The smallest absolute Gasteiger partial charge is 0.142 e. The molecule has 0 saturated carbocycles. The van der Waals surface area contributed by atoms with Crippen LogP contribution >= 0.6 is 11.6 Å². The zero-order valence-electron chi connectivity index (χ0n) is 8.57. The average molecular weight is 256 g/mol. The van der Waals surface area contributed by atoms with E-state index in [0.717, 1.165) is 12.1 Å². The summed E-state index contributed by atoms with van der Waals surface area (Å²) in [5, 5.41) is -0.275. The number of hydrogen-bond acceptors (Lipinski definition) is 3. The zero-order chi connectivity index (χ0) is 12.4. The van der Waals surface area contributed by atoms with Crippen molar-refractivity contribution in [2.45, 2.75) is 6.04 Å². The molecule has 1 aromatic heterocycles. The lowest BCUT2D eigenvalue weighted by molar-refractivity contribution is 0.576. The highest BCUT2D eigenvalue weighted by atomic mass is 35.5. The molecule has 0 radical (unpaired) electrons. The predicted octanol–water partition coefficient (Wildman–Crippen LogP) is 2.46. The van der Waals surface area contributed by atoms with Gasteiger partial charge in [0.15, 0.2) is 0 Å².